The number of carbonyl (C=O) groups excluding carboxylic acids is 1. The normalized spacial score (nSPS) is 9.38. The van der Waals surface area contributed by atoms with Crippen LogP contribution in [-0.4, -0.2) is 17.3 Å². The van der Waals surface area contributed by atoms with Crippen molar-refractivity contribution >= 4 is 5.78 Å². The van der Waals surface area contributed by atoms with Crippen LogP contribution in [0.2, 0.25) is 0 Å². The number of azide groups is 1. The van der Waals surface area contributed by atoms with Crippen LogP contribution in [0.3, 0.4) is 0 Å². The number of hydrogen-bond acceptors (Lipinski definition) is 2. The number of hydrogen-bond donors (Lipinski definition) is 1. The molecule has 0 saturated heterocycles. The molecular weight excluding hydrogens is 168 g/mol. The van der Waals surface area contributed by atoms with Crippen LogP contribution in [-0.2, 0) is 0 Å². The first-order valence-electron chi connectivity index (χ1n) is 3.85. The van der Waals surface area contributed by atoms with E-state index in [-0.39, 0.29) is 12.3 Å². The van der Waals surface area contributed by atoms with Gasteiger partial charge in [-0.25, -0.2) is 0 Å². The van der Waals surface area contributed by atoms with Crippen molar-refractivity contribution in [2.24, 2.45) is 5.11 Å². The Morgan fingerprint density at radius 1 is 1.69 bits per heavy atom. The predicted molar refractivity (Wildman–Crippen MR) is 48.6 cm³/mol. The Balaban J connectivity index is 2.88. The van der Waals surface area contributed by atoms with Crippen molar-refractivity contribution in [3.63, 3.8) is 0 Å². The molecule has 5 nitrogen and oxygen atoms in total. The molecule has 0 aliphatic carbocycles. The van der Waals surface area contributed by atoms with Gasteiger partial charge in [-0.3, -0.25) is 4.79 Å². The Morgan fingerprint density at radius 3 is 2.85 bits per heavy atom. The van der Waals surface area contributed by atoms with Gasteiger partial charge in [-0.15, -0.1) is 0 Å². The average molecular weight is 178 g/mol. The zero-order chi connectivity index (χ0) is 9.84. The Kier molecular flexibility index (Phi) is 2.72. The lowest BCUT2D eigenvalue weighted by Gasteiger charge is -1.93. The number of ketones is 1. The summed E-state index contributed by atoms with van der Waals surface area (Å²) in [6.45, 7) is 3.57. The molecule has 1 rings (SSSR count). The first-order valence-corrected chi connectivity index (χ1v) is 3.85. The fourth-order valence-electron chi connectivity index (χ4n) is 1.19. The summed E-state index contributed by atoms with van der Waals surface area (Å²) in [4.78, 5) is 16.9. The topological polar surface area (TPSA) is 81.6 Å². The number of aryl methyl sites for hydroxylation is 2. The molecule has 1 aromatic heterocycles. The number of aromatic amines is 1. The number of Topliss-reactive ketones (excluding diaryl/α,β-unsaturated/α-hetero) is 1. The summed E-state index contributed by atoms with van der Waals surface area (Å²) in [5.74, 6) is -0.153. The second kappa shape index (κ2) is 3.78. The SMILES string of the molecule is Cc1cc(C(=O)CN=[N+]=[N-])c(C)[nH]1. The molecule has 0 amide bonds. The van der Waals surface area contributed by atoms with Crippen LogP contribution >= 0.6 is 0 Å². The van der Waals surface area contributed by atoms with Crippen molar-refractivity contribution in [1.29, 1.82) is 0 Å². The summed E-state index contributed by atoms with van der Waals surface area (Å²) in [6, 6.07) is 1.75. The Bertz CT molecular complexity index is 373. The van der Waals surface area contributed by atoms with Gasteiger partial charge in [0.15, 0.2) is 5.78 Å². The molecule has 0 spiro atoms. The van der Waals surface area contributed by atoms with E-state index in [0.29, 0.717) is 5.56 Å². The van der Waals surface area contributed by atoms with Gasteiger partial charge in [0.1, 0.15) is 0 Å². The van der Waals surface area contributed by atoms with E-state index in [9.17, 15) is 4.79 Å². The second-order valence-corrected chi connectivity index (χ2v) is 2.80. The summed E-state index contributed by atoms with van der Waals surface area (Å²) < 4.78 is 0. The summed E-state index contributed by atoms with van der Waals surface area (Å²) in [6.07, 6.45) is 0. The van der Waals surface area contributed by atoms with Crippen molar-refractivity contribution in [2.75, 3.05) is 6.54 Å². The molecule has 0 aromatic carbocycles. The smallest absolute Gasteiger partial charge is 0.170 e. The number of aromatic nitrogens is 1. The van der Waals surface area contributed by atoms with Gasteiger partial charge in [0.05, 0.1) is 6.54 Å². The third-order valence-electron chi connectivity index (χ3n) is 1.73. The lowest BCUT2D eigenvalue weighted by Crippen LogP contribution is -2.02. The monoisotopic (exact) mass is 178 g/mol. The third kappa shape index (κ3) is 2.10. The standard InChI is InChI=1S/C8H10N4O/c1-5-3-7(6(2)11-5)8(13)4-10-12-9/h3,11H,4H2,1-2H3. The van der Waals surface area contributed by atoms with Crippen molar-refractivity contribution < 1.29 is 4.79 Å². The molecule has 0 radical (unpaired) electrons. The second-order valence-electron chi connectivity index (χ2n) is 2.80. The van der Waals surface area contributed by atoms with Crippen LogP contribution < -0.4 is 0 Å². The maximum atomic E-state index is 11.4. The van der Waals surface area contributed by atoms with E-state index in [1.54, 1.807) is 6.07 Å². The lowest BCUT2D eigenvalue weighted by molar-refractivity contribution is 0.100. The summed E-state index contributed by atoms with van der Waals surface area (Å²) in [7, 11) is 0. The molecule has 0 unspecified atom stereocenters. The molecule has 68 valence electrons. The van der Waals surface area contributed by atoms with Crippen LogP contribution in [0.25, 0.3) is 10.4 Å². The van der Waals surface area contributed by atoms with E-state index in [4.69, 9.17) is 5.53 Å². The highest BCUT2D eigenvalue weighted by Gasteiger charge is 2.09. The van der Waals surface area contributed by atoms with E-state index >= 15 is 0 Å². The molecule has 0 saturated carbocycles. The third-order valence-corrected chi connectivity index (χ3v) is 1.73. The van der Waals surface area contributed by atoms with Gasteiger partial charge in [0.2, 0.25) is 0 Å². The molecular formula is C8H10N4O. The quantitative estimate of drug-likeness (QED) is 0.327. The zero-order valence-electron chi connectivity index (χ0n) is 7.53. The molecule has 0 aliphatic rings. The maximum absolute atomic E-state index is 11.4. The van der Waals surface area contributed by atoms with E-state index in [1.165, 1.54) is 0 Å². The highest BCUT2D eigenvalue weighted by molar-refractivity contribution is 5.98. The number of nitrogens with one attached hydrogen (secondary N) is 1. The minimum atomic E-state index is -0.153. The van der Waals surface area contributed by atoms with Gasteiger partial charge < -0.3 is 4.98 Å². The minimum absolute atomic E-state index is 0.116. The van der Waals surface area contributed by atoms with E-state index in [1.807, 2.05) is 13.8 Å². The van der Waals surface area contributed by atoms with Crippen LogP contribution in [0.1, 0.15) is 21.7 Å². The van der Waals surface area contributed by atoms with E-state index in [2.05, 4.69) is 15.0 Å². The molecule has 0 fully saturated rings. The van der Waals surface area contributed by atoms with Crippen molar-refractivity contribution in [3.05, 3.63) is 33.5 Å². The summed E-state index contributed by atoms with van der Waals surface area (Å²) in [5, 5.41) is 3.22. The maximum Gasteiger partial charge on any atom is 0.170 e. The van der Waals surface area contributed by atoms with Gasteiger partial charge in [-0.1, -0.05) is 5.11 Å². The zero-order valence-corrected chi connectivity index (χ0v) is 7.53. The molecule has 0 aliphatic heterocycles. The Labute approximate surface area is 75.4 Å². The molecule has 0 atom stereocenters. The number of carbonyl (C=O) groups is 1. The first kappa shape index (κ1) is 9.35. The Hall–Kier alpha value is -1.74. The van der Waals surface area contributed by atoms with E-state index < -0.39 is 0 Å². The van der Waals surface area contributed by atoms with Gasteiger partial charge in [0, 0.05) is 21.9 Å². The summed E-state index contributed by atoms with van der Waals surface area (Å²) >= 11 is 0. The van der Waals surface area contributed by atoms with Crippen LogP contribution in [0.5, 0.6) is 0 Å². The van der Waals surface area contributed by atoms with Crippen LogP contribution in [0.4, 0.5) is 0 Å². The van der Waals surface area contributed by atoms with Gasteiger partial charge in [-0.2, -0.15) is 0 Å². The average Bonchev–Trinajstić information content (AvgIpc) is 2.41. The van der Waals surface area contributed by atoms with Crippen LogP contribution in [0.15, 0.2) is 11.2 Å². The number of rotatable bonds is 3. The fourth-order valence-corrected chi connectivity index (χ4v) is 1.19. The minimum Gasteiger partial charge on any atom is -0.362 e. The van der Waals surface area contributed by atoms with Crippen molar-refractivity contribution in [2.45, 2.75) is 13.8 Å². The molecule has 1 aromatic rings. The highest BCUT2D eigenvalue weighted by Crippen LogP contribution is 2.09. The first-order chi connectivity index (χ1) is 6.15. The highest BCUT2D eigenvalue weighted by atomic mass is 16.1. The molecule has 1 N–H and O–H groups in total. The van der Waals surface area contributed by atoms with Crippen LogP contribution in [0, 0.1) is 13.8 Å². The predicted octanol–water partition coefficient (Wildman–Crippen LogP) is 2.12. The number of H-pyrrole nitrogens is 1. The molecule has 1 heterocycles. The van der Waals surface area contributed by atoms with Gasteiger partial charge in [0.25, 0.3) is 0 Å². The number of nitrogens with zero attached hydrogens (tertiary/aromatic N) is 3. The molecule has 0 bridgehead atoms. The molecule has 5 heteroatoms. The van der Waals surface area contributed by atoms with E-state index in [0.717, 1.165) is 11.4 Å². The fraction of sp³-hybridized carbons (Fsp3) is 0.375. The van der Waals surface area contributed by atoms with Crippen molar-refractivity contribution in [1.82, 2.24) is 4.98 Å². The largest absolute Gasteiger partial charge is 0.362 e. The van der Waals surface area contributed by atoms with Gasteiger partial charge >= 0.3 is 0 Å². The van der Waals surface area contributed by atoms with Crippen molar-refractivity contribution in [3.8, 4) is 0 Å². The lowest BCUT2D eigenvalue weighted by atomic mass is 10.1. The Morgan fingerprint density at radius 2 is 2.38 bits per heavy atom. The molecule has 13 heavy (non-hydrogen) atoms. The van der Waals surface area contributed by atoms with Gasteiger partial charge in [-0.05, 0) is 25.4 Å². The summed E-state index contributed by atoms with van der Waals surface area (Å²) in [5.41, 5.74) is 10.4.